The van der Waals surface area contributed by atoms with Gasteiger partial charge in [0.1, 0.15) is 0 Å². The van der Waals surface area contributed by atoms with Gasteiger partial charge in [0.05, 0.1) is 11.8 Å². The highest BCUT2D eigenvalue weighted by Gasteiger charge is 2.11. The molecule has 1 atom stereocenters. The summed E-state index contributed by atoms with van der Waals surface area (Å²) in [6.45, 7) is 1.85. The molecule has 2 aromatic rings. The zero-order valence-electron chi connectivity index (χ0n) is 11.8. The van der Waals surface area contributed by atoms with Crippen LogP contribution in [0.25, 0.3) is 0 Å². The minimum Gasteiger partial charge on any atom is -0.349 e. The van der Waals surface area contributed by atoms with Crippen molar-refractivity contribution in [1.29, 1.82) is 0 Å². The molecule has 0 aliphatic heterocycles. The number of nitrogens with one attached hydrogen (secondary N) is 1. The maximum Gasteiger partial charge on any atom is 0.230 e. The summed E-state index contributed by atoms with van der Waals surface area (Å²) >= 11 is 7.06. The van der Waals surface area contributed by atoms with Crippen LogP contribution in [0.3, 0.4) is 0 Å². The number of rotatable bonds is 5. The highest BCUT2D eigenvalue weighted by molar-refractivity contribution is 8.00. The SMILES string of the molecule is C[C@H](NC(=O)CSc1ccc(F)c(F)c1)c1cccc(Cl)c1. The van der Waals surface area contributed by atoms with Crippen molar-refractivity contribution in [2.24, 2.45) is 0 Å². The van der Waals surface area contributed by atoms with E-state index in [0.717, 1.165) is 29.5 Å². The van der Waals surface area contributed by atoms with E-state index in [1.807, 2.05) is 19.1 Å². The monoisotopic (exact) mass is 341 g/mol. The molecule has 0 saturated carbocycles. The van der Waals surface area contributed by atoms with E-state index in [9.17, 15) is 13.6 Å². The smallest absolute Gasteiger partial charge is 0.230 e. The molecule has 2 nitrogen and oxygen atoms in total. The molecule has 6 heteroatoms. The summed E-state index contributed by atoms with van der Waals surface area (Å²) in [7, 11) is 0. The third-order valence-corrected chi connectivity index (χ3v) is 4.22. The van der Waals surface area contributed by atoms with E-state index in [1.54, 1.807) is 12.1 Å². The number of amides is 1. The van der Waals surface area contributed by atoms with Crippen LogP contribution in [0, 0.1) is 11.6 Å². The van der Waals surface area contributed by atoms with Gasteiger partial charge >= 0.3 is 0 Å². The molecule has 22 heavy (non-hydrogen) atoms. The van der Waals surface area contributed by atoms with Crippen LogP contribution in [0.2, 0.25) is 5.02 Å². The van der Waals surface area contributed by atoms with Gasteiger partial charge in [-0.3, -0.25) is 4.79 Å². The number of carbonyl (C=O) groups excluding carboxylic acids is 1. The van der Waals surface area contributed by atoms with Gasteiger partial charge < -0.3 is 5.32 Å². The van der Waals surface area contributed by atoms with Gasteiger partial charge in [-0.2, -0.15) is 0 Å². The predicted molar refractivity (Wildman–Crippen MR) is 85.1 cm³/mol. The second-order valence-electron chi connectivity index (χ2n) is 4.71. The first-order valence-electron chi connectivity index (χ1n) is 6.58. The highest BCUT2D eigenvalue weighted by atomic mass is 35.5. The largest absolute Gasteiger partial charge is 0.349 e. The number of hydrogen-bond acceptors (Lipinski definition) is 2. The average Bonchev–Trinajstić information content (AvgIpc) is 2.48. The Hall–Kier alpha value is -1.59. The first-order chi connectivity index (χ1) is 10.5. The van der Waals surface area contributed by atoms with E-state index in [2.05, 4.69) is 5.32 Å². The lowest BCUT2D eigenvalue weighted by molar-refractivity contribution is -0.119. The number of thioether (sulfide) groups is 1. The van der Waals surface area contributed by atoms with Crippen molar-refractivity contribution in [3.05, 3.63) is 64.7 Å². The molecular formula is C16H14ClF2NOS. The van der Waals surface area contributed by atoms with Crippen LogP contribution >= 0.6 is 23.4 Å². The molecule has 2 rings (SSSR count). The molecule has 0 spiro atoms. The fourth-order valence-electron chi connectivity index (χ4n) is 1.86. The number of hydrogen-bond donors (Lipinski definition) is 1. The van der Waals surface area contributed by atoms with Crippen LogP contribution in [0.4, 0.5) is 8.78 Å². The Kier molecular flexibility index (Phi) is 5.80. The summed E-state index contributed by atoms with van der Waals surface area (Å²) in [5.41, 5.74) is 0.902. The Morgan fingerprint density at radius 3 is 2.68 bits per heavy atom. The third-order valence-electron chi connectivity index (χ3n) is 2.99. The van der Waals surface area contributed by atoms with Gasteiger partial charge in [0.2, 0.25) is 5.91 Å². The molecule has 0 saturated heterocycles. The maximum atomic E-state index is 13.1. The summed E-state index contributed by atoms with van der Waals surface area (Å²) in [6, 6.07) is 10.6. The molecule has 1 amide bonds. The molecule has 116 valence electrons. The molecule has 0 radical (unpaired) electrons. The summed E-state index contributed by atoms with van der Waals surface area (Å²) in [6.07, 6.45) is 0. The first-order valence-corrected chi connectivity index (χ1v) is 7.95. The minimum absolute atomic E-state index is 0.121. The first kappa shape index (κ1) is 16.8. The van der Waals surface area contributed by atoms with Crippen molar-refractivity contribution in [3.8, 4) is 0 Å². The Morgan fingerprint density at radius 2 is 2.00 bits per heavy atom. The van der Waals surface area contributed by atoms with Gasteiger partial charge in [-0.15, -0.1) is 11.8 Å². The fraction of sp³-hybridized carbons (Fsp3) is 0.188. The molecule has 2 aromatic carbocycles. The summed E-state index contributed by atoms with van der Waals surface area (Å²) in [4.78, 5) is 12.4. The lowest BCUT2D eigenvalue weighted by atomic mass is 10.1. The van der Waals surface area contributed by atoms with Crippen LogP contribution in [0.1, 0.15) is 18.5 Å². The molecule has 0 aliphatic rings. The third kappa shape index (κ3) is 4.71. The molecule has 0 bridgehead atoms. The number of carbonyl (C=O) groups is 1. The van der Waals surface area contributed by atoms with Crippen molar-refractivity contribution in [1.82, 2.24) is 5.32 Å². The van der Waals surface area contributed by atoms with E-state index >= 15 is 0 Å². The van der Waals surface area contributed by atoms with Gasteiger partial charge in [-0.25, -0.2) is 8.78 Å². The molecule has 0 aromatic heterocycles. The lowest BCUT2D eigenvalue weighted by Gasteiger charge is -2.14. The summed E-state index contributed by atoms with van der Waals surface area (Å²) in [5, 5.41) is 3.44. The lowest BCUT2D eigenvalue weighted by Crippen LogP contribution is -2.28. The zero-order chi connectivity index (χ0) is 16.1. The van der Waals surface area contributed by atoms with Crippen LogP contribution in [0.5, 0.6) is 0 Å². The van der Waals surface area contributed by atoms with Crippen LogP contribution < -0.4 is 5.32 Å². The second kappa shape index (κ2) is 7.61. The van der Waals surface area contributed by atoms with E-state index in [1.165, 1.54) is 6.07 Å². The van der Waals surface area contributed by atoms with E-state index < -0.39 is 11.6 Å². The Bertz CT molecular complexity index is 681. The molecule has 0 unspecified atom stereocenters. The van der Waals surface area contributed by atoms with Crippen LogP contribution in [0.15, 0.2) is 47.4 Å². The Labute approximate surface area is 136 Å². The topological polar surface area (TPSA) is 29.1 Å². The molecular weight excluding hydrogens is 328 g/mol. The predicted octanol–water partition coefficient (Wildman–Crippen LogP) is 4.59. The molecule has 0 fully saturated rings. The number of halogens is 3. The van der Waals surface area contributed by atoms with Gasteiger partial charge in [0.15, 0.2) is 11.6 Å². The van der Waals surface area contributed by atoms with Crippen LogP contribution in [-0.2, 0) is 4.79 Å². The zero-order valence-corrected chi connectivity index (χ0v) is 13.3. The maximum absolute atomic E-state index is 13.1. The van der Waals surface area contributed by atoms with Gasteiger partial charge in [0.25, 0.3) is 0 Å². The average molecular weight is 342 g/mol. The van der Waals surface area contributed by atoms with E-state index in [4.69, 9.17) is 11.6 Å². The Balaban J connectivity index is 1.88. The van der Waals surface area contributed by atoms with E-state index in [0.29, 0.717) is 9.92 Å². The summed E-state index contributed by atoms with van der Waals surface area (Å²) in [5.74, 6) is -1.89. The number of benzene rings is 2. The normalized spacial score (nSPS) is 12.0. The van der Waals surface area contributed by atoms with Crippen molar-refractivity contribution < 1.29 is 13.6 Å². The quantitative estimate of drug-likeness (QED) is 0.806. The van der Waals surface area contributed by atoms with Crippen molar-refractivity contribution >= 4 is 29.3 Å². The van der Waals surface area contributed by atoms with Crippen molar-refractivity contribution in [2.75, 3.05) is 5.75 Å². The summed E-state index contributed by atoms with van der Waals surface area (Å²) < 4.78 is 25.9. The minimum atomic E-state index is -0.919. The van der Waals surface area contributed by atoms with Crippen LogP contribution in [-0.4, -0.2) is 11.7 Å². The molecule has 1 N–H and O–H groups in total. The molecule has 0 aliphatic carbocycles. The van der Waals surface area contributed by atoms with Gasteiger partial charge in [0, 0.05) is 9.92 Å². The standard InChI is InChI=1S/C16H14ClF2NOS/c1-10(11-3-2-4-12(17)7-11)20-16(21)9-22-13-5-6-14(18)15(19)8-13/h2-8,10H,9H2,1H3,(H,20,21)/t10-/m0/s1. The van der Waals surface area contributed by atoms with Gasteiger partial charge in [-0.1, -0.05) is 23.7 Å². The Morgan fingerprint density at radius 1 is 1.23 bits per heavy atom. The second-order valence-corrected chi connectivity index (χ2v) is 6.19. The van der Waals surface area contributed by atoms with E-state index in [-0.39, 0.29) is 17.7 Å². The fourth-order valence-corrected chi connectivity index (χ4v) is 2.79. The highest BCUT2D eigenvalue weighted by Crippen LogP contribution is 2.21. The van der Waals surface area contributed by atoms with Crippen molar-refractivity contribution in [2.45, 2.75) is 17.9 Å². The van der Waals surface area contributed by atoms with Crippen molar-refractivity contribution in [3.63, 3.8) is 0 Å². The molecule has 0 heterocycles. The van der Waals surface area contributed by atoms with Gasteiger partial charge in [-0.05, 0) is 42.8 Å².